The molecule has 144 valence electrons. The zero-order chi connectivity index (χ0) is 19.4. The van der Waals surface area contributed by atoms with E-state index in [9.17, 15) is 13.2 Å². The van der Waals surface area contributed by atoms with Gasteiger partial charge in [-0.2, -0.15) is 4.31 Å². The summed E-state index contributed by atoms with van der Waals surface area (Å²) in [6.45, 7) is 4.74. The number of carbonyl (C=O) groups excluding carboxylic acids is 1. The fourth-order valence-corrected chi connectivity index (χ4v) is 4.48. The van der Waals surface area contributed by atoms with Gasteiger partial charge in [-0.25, -0.2) is 8.42 Å². The predicted molar refractivity (Wildman–Crippen MR) is 105 cm³/mol. The van der Waals surface area contributed by atoms with Crippen LogP contribution in [-0.2, 0) is 16.6 Å². The van der Waals surface area contributed by atoms with Crippen molar-refractivity contribution >= 4 is 15.9 Å². The Morgan fingerprint density at radius 3 is 2.26 bits per heavy atom. The second-order valence-electron chi connectivity index (χ2n) is 6.85. The van der Waals surface area contributed by atoms with Gasteiger partial charge in [0, 0.05) is 38.3 Å². The number of nitrogens with one attached hydrogen (secondary N) is 1. The third-order valence-electron chi connectivity index (χ3n) is 4.87. The van der Waals surface area contributed by atoms with Crippen molar-refractivity contribution in [2.75, 3.05) is 33.2 Å². The van der Waals surface area contributed by atoms with Gasteiger partial charge in [0.15, 0.2) is 0 Å². The van der Waals surface area contributed by atoms with Crippen LogP contribution in [0.5, 0.6) is 0 Å². The molecule has 1 N–H and O–H groups in total. The summed E-state index contributed by atoms with van der Waals surface area (Å²) in [6, 6.07) is 14.1. The summed E-state index contributed by atoms with van der Waals surface area (Å²) in [7, 11) is -1.47. The summed E-state index contributed by atoms with van der Waals surface area (Å²) in [6.07, 6.45) is 0. The number of amides is 1. The van der Waals surface area contributed by atoms with Crippen LogP contribution >= 0.6 is 0 Å². The second-order valence-corrected chi connectivity index (χ2v) is 8.79. The van der Waals surface area contributed by atoms with E-state index in [-0.39, 0.29) is 5.91 Å². The van der Waals surface area contributed by atoms with Crippen LogP contribution in [0, 0.1) is 6.92 Å². The van der Waals surface area contributed by atoms with Gasteiger partial charge in [0.2, 0.25) is 10.0 Å². The van der Waals surface area contributed by atoms with E-state index in [0.29, 0.717) is 30.1 Å². The maximum absolute atomic E-state index is 12.7. The Hall–Kier alpha value is -2.22. The molecule has 1 aliphatic heterocycles. The highest BCUT2D eigenvalue weighted by Gasteiger charge is 2.27. The number of rotatable bonds is 5. The van der Waals surface area contributed by atoms with Crippen molar-refractivity contribution in [2.24, 2.45) is 0 Å². The highest BCUT2D eigenvalue weighted by molar-refractivity contribution is 7.89. The van der Waals surface area contributed by atoms with E-state index in [2.05, 4.69) is 10.2 Å². The van der Waals surface area contributed by atoms with Gasteiger partial charge >= 0.3 is 0 Å². The Bertz CT molecular complexity index is 902. The number of aryl methyl sites for hydroxylation is 1. The summed E-state index contributed by atoms with van der Waals surface area (Å²) >= 11 is 0. The average Bonchev–Trinajstić information content (AvgIpc) is 2.67. The molecule has 1 aliphatic rings. The minimum Gasteiger partial charge on any atom is -0.348 e. The van der Waals surface area contributed by atoms with Crippen LogP contribution < -0.4 is 5.32 Å². The summed E-state index contributed by atoms with van der Waals surface area (Å²) < 4.78 is 27.0. The van der Waals surface area contributed by atoms with Crippen LogP contribution in [-0.4, -0.2) is 56.8 Å². The number of carbonyl (C=O) groups is 1. The minimum absolute atomic E-state index is 0.137. The molecule has 0 aliphatic carbocycles. The zero-order valence-electron chi connectivity index (χ0n) is 15.7. The maximum atomic E-state index is 12.7. The Labute approximate surface area is 160 Å². The van der Waals surface area contributed by atoms with Gasteiger partial charge in [-0.1, -0.05) is 30.3 Å². The average molecular weight is 388 g/mol. The third-order valence-corrected chi connectivity index (χ3v) is 6.78. The topological polar surface area (TPSA) is 69.7 Å². The van der Waals surface area contributed by atoms with Crippen molar-refractivity contribution in [3.63, 3.8) is 0 Å². The normalized spacial score (nSPS) is 16.2. The summed E-state index contributed by atoms with van der Waals surface area (Å²) in [5.41, 5.74) is 2.42. The lowest BCUT2D eigenvalue weighted by Gasteiger charge is -2.31. The molecule has 27 heavy (non-hydrogen) atoms. The molecule has 0 atom stereocenters. The molecule has 2 aromatic rings. The van der Waals surface area contributed by atoms with E-state index in [1.54, 1.807) is 30.3 Å². The zero-order valence-corrected chi connectivity index (χ0v) is 16.5. The lowest BCUT2D eigenvalue weighted by Crippen LogP contribution is -2.47. The van der Waals surface area contributed by atoms with E-state index >= 15 is 0 Å². The fraction of sp³-hybridized carbons (Fsp3) is 0.350. The van der Waals surface area contributed by atoms with Crippen LogP contribution in [0.4, 0.5) is 0 Å². The van der Waals surface area contributed by atoms with Crippen molar-refractivity contribution in [1.82, 2.24) is 14.5 Å². The lowest BCUT2D eigenvalue weighted by atomic mass is 10.1. The fourth-order valence-electron chi connectivity index (χ4n) is 3.06. The summed E-state index contributed by atoms with van der Waals surface area (Å²) in [4.78, 5) is 14.7. The Morgan fingerprint density at radius 2 is 1.63 bits per heavy atom. The molecule has 1 heterocycles. The van der Waals surface area contributed by atoms with Crippen molar-refractivity contribution in [1.29, 1.82) is 0 Å². The van der Waals surface area contributed by atoms with Gasteiger partial charge in [0.05, 0.1) is 4.90 Å². The van der Waals surface area contributed by atoms with E-state index < -0.39 is 10.0 Å². The minimum atomic E-state index is -3.46. The molecule has 1 amide bonds. The molecule has 0 aromatic heterocycles. The number of nitrogens with zero attached hydrogens (tertiary/aromatic N) is 2. The van der Waals surface area contributed by atoms with Gasteiger partial charge in [-0.3, -0.25) is 4.79 Å². The van der Waals surface area contributed by atoms with Crippen LogP contribution in [0.1, 0.15) is 21.5 Å². The van der Waals surface area contributed by atoms with Gasteiger partial charge in [-0.05, 0) is 43.3 Å². The van der Waals surface area contributed by atoms with Crippen LogP contribution in [0.2, 0.25) is 0 Å². The smallest absolute Gasteiger partial charge is 0.251 e. The molecule has 3 rings (SSSR count). The van der Waals surface area contributed by atoms with Crippen molar-refractivity contribution in [2.45, 2.75) is 18.4 Å². The van der Waals surface area contributed by atoms with Gasteiger partial charge in [0.25, 0.3) is 5.91 Å². The molecule has 0 radical (unpaired) electrons. The van der Waals surface area contributed by atoms with Crippen molar-refractivity contribution in [3.8, 4) is 0 Å². The maximum Gasteiger partial charge on any atom is 0.251 e. The molecular formula is C20H25N3O3S. The molecule has 6 nitrogen and oxygen atoms in total. The van der Waals surface area contributed by atoms with E-state index in [4.69, 9.17) is 0 Å². The molecule has 0 bridgehead atoms. The number of benzene rings is 2. The summed E-state index contributed by atoms with van der Waals surface area (Å²) in [5, 5.41) is 2.88. The first kappa shape index (κ1) is 19.5. The Morgan fingerprint density at radius 1 is 1.00 bits per heavy atom. The molecule has 0 spiro atoms. The molecule has 1 saturated heterocycles. The lowest BCUT2D eigenvalue weighted by molar-refractivity contribution is 0.0950. The number of hydrogen-bond acceptors (Lipinski definition) is 4. The quantitative estimate of drug-likeness (QED) is 0.850. The first-order valence-corrected chi connectivity index (χ1v) is 10.4. The van der Waals surface area contributed by atoms with Gasteiger partial charge < -0.3 is 10.2 Å². The van der Waals surface area contributed by atoms with Crippen molar-refractivity contribution in [3.05, 3.63) is 65.2 Å². The highest BCUT2D eigenvalue weighted by atomic mass is 32.2. The number of likely N-dealkylation sites (N-methyl/N-ethyl adjacent to an activating group) is 1. The molecule has 2 aromatic carbocycles. The molecule has 7 heteroatoms. The summed E-state index contributed by atoms with van der Waals surface area (Å²) in [5.74, 6) is -0.137. The van der Waals surface area contributed by atoms with Crippen LogP contribution in [0.3, 0.4) is 0 Å². The van der Waals surface area contributed by atoms with E-state index in [1.807, 2.05) is 32.2 Å². The van der Waals surface area contributed by atoms with E-state index in [0.717, 1.165) is 24.2 Å². The van der Waals surface area contributed by atoms with Gasteiger partial charge in [-0.15, -0.1) is 0 Å². The SMILES string of the molecule is Cc1ccccc1C(=O)NCc1ccc(S(=O)(=O)N2CCN(C)CC2)cc1. The van der Waals surface area contributed by atoms with Gasteiger partial charge in [0.1, 0.15) is 0 Å². The molecule has 1 fully saturated rings. The number of sulfonamides is 1. The monoisotopic (exact) mass is 387 g/mol. The largest absolute Gasteiger partial charge is 0.348 e. The highest BCUT2D eigenvalue weighted by Crippen LogP contribution is 2.18. The Balaban J connectivity index is 1.63. The number of piperazine rings is 1. The molecule has 0 unspecified atom stereocenters. The van der Waals surface area contributed by atoms with Crippen molar-refractivity contribution < 1.29 is 13.2 Å². The second kappa shape index (κ2) is 8.21. The molecule has 0 saturated carbocycles. The third kappa shape index (κ3) is 4.55. The first-order chi connectivity index (χ1) is 12.9. The standard InChI is InChI=1S/C20H25N3O3S/c1-16-5-3-4-6-19(16)20(24)21-15-17-7-9-18(10-8-17)27(25,26)23-13-11-22(2)12-14-23/h3-10H,11-15H2,1-2H3,(H,21,24). The predicted octanol–water partition coefficient (Wildman–Crippen LogP) is 1.86. The first-order valence-electron chi connectivity index (χ1n) is 8.99. The molecular weight excluding hydrogens is 362 g/mol. The van der Waals surface area contributed by atoms with Crippen LogP contribution in [0.25, 0.3) is 0 Å². The number of hydrogen-bond donors (Lipinski definition) is 1. The van der Waals surface area contributed by atoms with E-state index in [1.165, 1.54) is 4.31 Å². The van der Waals surface area contributed by atoms with Crippen LogP contribution in [0.15, 0.2) is 53.4 Å². The Kier molecular flexibility index (Phi) is 5.94.